The first kappa shape index (κ1) is 12.4. The molecule has 0 aliphatic heterocycles. The smallest absolute Gasteiger partial charge is 0.228 e. The van der Waals surface area contributed by atoms with Crippen molar-refractivity contribution in [3.63, 3.8) is 0 Å². The largest absolute Gasteiger partial charge is 0.496 e. The number of ether oxygens (including phenoxy) is 1. The van der Waals surface area contributed by atoms with Gasteiger partial charge >= 0.3 is 0 Å². The molecule has 3 N–H and O–H groups in total. The molecule has 16 heavy (non-hydrogen) atoms. The lowest BCUT2D eigenvalue weighted by Gasteiger charge is -2.16. The van der Waals surface area contributed by atoms with Gasteiger partial charge in [0.2, 0.25) is 5.91 Å². The van der Waals surface area contributed by atoms with Gasteiger partial charge in [-0.25, -0.2) is 4.39 Å². The van der Waals surface area contributed by atoms with Gasteiger partial charge in [-0.15, -0.1) is 0 Å². The maximum absolute atomic E-state index is 13.1. The first-order valence-corrected chi connectivity index (χ1v) is 4.89. The van der Waals surface area contributed by atoms with Crippen LogP contribution in [-0.2, 0) is 4.79 Å². The van der Waals surface area contributed by atoms with E-state index in [-0.39, 0.29) is 12.5 Å². The second kappa shape index (κ2) is 5.46. The highest BCUT2D eigenvalue weighted by atomic mass is 19.1. The van der Waals surface area contributed by atoms with E-state index in [1.165, 1.54) is 32.4 Å². The number of nitrogens with one attached hydrogen (secondary N) is 1. The summed E-state index contributed by atoms with van der Waals surface area (Å²) in [6.45, 7) is 0.0967. The number of benzene rings is 1. The van der Waals surface area contributed by atoms with Gasteiger partial charge in [-0.3, -0.25) is 4.79 Å². The molecule has 4 nitrogen and oxygen atoms in total. The number of halogens is 1. The summed E-state index contributed by atoms with van der Waals surface area (Å²) in [5.41, 5.74) is 5.98. The molecule has 0 saturated carbocycles. The van der Waals surface area contributed by atoms with E-state index >= 15 is 0 Å². The fraction of sp³-hybridized carbons (Fsp3) is 0.364. The molecule has 1 rings (SSSR count). The van der Waals surface area contributed by atoms with E-state index in [2.05, 4.69) is 5.32 Å². The lowest BCUT2D eigenvalue weighted by Crippen LogP contribution is -2.31. The third-order valence-electron chi connectivity index (χ3n) is 2.37. The molecule has 0 aliphatic carbocycles. The van der Waals surface area contributed by atoms with Gasteiger partial charge < -0.3 is 15.8 Å². The monoisotopic (exact) mass is 226 g/mol. The van der Waals surface area contributed by atoms with Gasteiger partial charge in [-0.05, 0) is 18.2 Å². The zero-order valence-electron chi connectivity index (χ0n) is 9.29. The summed E-state index contributed by atoms with van der Waals surface area (Å²) >= 11 is 0. The lowest BCUT2D eigenvalue weighted by molar-refractivity contribution is -0.121. The summed E-state index contributed by atoms with van der Waals surface area (Å²) in [5, 5.41) is 2.49. The van der Waals surface area contributed by atoms with Crippen molar-refractivity contribution in [2.45, 2.75) is 5.92 Å². The number of hydrogen-bond acceptors (Lipinski definition) is 3. The minimum absolute atomic E-state index is 0.0967. The average molecular weight is 226 g/mol. The highest BCUT2D eigenvalue weighted by molar-refractivity contribution is 5.84. The van der Waals surface area contributed by atoms with Gasteiger partial charge in [0, 0.05) is 19.2 Å². The van der Waals surface area contributed by atoms with Gasteiger partial charge in [0.15, 0.2) is 0 Å². The Kier molecular flexibility index (Phi) is 4.25. The number of likely N-dealkylation sites (N-methyl/N-ethyl adjacent to an activating group) is 1. The van der Waals surface area contributed by atoms with E-state index in [1.807, 2.05) is 0 Å². The van der Waals surface area contributed by atoms with Crippen LogP contribution in [0.3, 0.4) is 0 Å². The normalized spacial score (nSPS) is 12.0. The third kappa shape index (κ3) is 2.49. The highest BCUT2D eigenvalue weighted by Gasteiger charge is 2.22. The van der Waals surface area contributed by atoms with Crippen molar-refractivity contribution in [2.24, 2.45) is 5.73 Å². The maximum Gasteiger partial charge on any atom is 0.228 e. The van der Waals surface area contributed by atoms with Crippen molar-refractivity contribution >= 4 is 5.91 Å². The molecule has 0 radical (unpaired) electrons. The molecule has 0 aliphatic rings. The van der Waals surface area contributed by atoms with Crippen molar-refractivity contribution in [3.05, 3.63) is 29.6 Å². The maximum atomic E-state index is 13.1. The Morgan fingerprint density at radius 2 is 2.31 bits per heavy atom. The first-order chi connectivity index (χ1) is 7.63. The van der Waals surface area contributed by atoms with Crippen molar-refractivity contribution in [1.29, 1.82) is 0 Å². The standard InChI is InChI=1S/C11H15FN2O2/c1-14-11(15)9(6-13)8-5-7(12)3-4-10(8)16-2/h3-5,9H,6,13H2,1-2H3,(H,14,15). The molecular weight excluding hydrogens is 211 g/mol. The number of hydrogen-bond donors (Lipinski definition) is 2. The van der Waals surface area contributed by atoms with Crippen LogP contribution in [0.15, 0.2) is 18.2 Å². The van der Waals surface area contributed by atoms with E-state index in [4.69, 9.17) is 10.5 Å². The lowest BCUT2D eigenvalue weighted by atomic mass is 9.97. The van der Waals surface area contributed by atoms with E-state index < -0.39 is 11.7 Å². The van der Waals surface area contributed by atoms with Crippen LogP contribution in [0.1, 0.15) is 11.5 Å². The predicted molar refractivity (Wildman–Crippen MR) is 58.8 cm³/mol. The van der Waals surface area contributed by atoms with Gasteiger partial charge in [0.1, 0.15) is 11.6 Å². The second-order valence-corrected chi connectivity index (χ2v) is 3.29. The van der Waals surface area contributed by atoms with Gasteiger partial charge in [-0.2, -0.15) is 0 Å². The molecule has 0 fully saturated rings. The predicted octanol–water partition coefficient (Wildman–Crippen LogP) is 0.623. The number of nitrogens with two attached hydrogens (primary N) is 1. The molecule has 0 spiro atoms. The highest BCUT2D eigenvalue weighted by Crippen LogP contribution is 2.27. The fourth-order valence-corrected chi connectivity index (χ4v) is 1.53. The topological polar surface area (TPSA) is 64.4 Å². The number of rotatable bonds is 4. The quantitative estimate of drug-likeness (QED) is 0.791. The van der Waals surface area contributed by atoms with Crippen LogP contribution < -0.4 is 15.8 Å². The van der Waals surface area contributed by atoms with Crippen LogP contribution in [-0.4, -0.2) is 26.6 Å². The summed E-state index contributed by atoms with van der Waals surface area (Å²) in [4.78, 5) is 11.6. The molecule has 1 aromatic carbocycles. The van der Waals surface area contributed by atoms with Crippen LogP contribution in [0.4, 0.5) is 4.39 Å². The molecule has 5 heteroatoms. The Morgan fingerprint density at radius 3 is 2.81 bits per heavy atom. The molecule has 0 aromatic heterocycles. The Bertz CT molecular complexity index is 382. The Labute approximate surface area is 93.6 Å². The Morgan fingerprint density at radius 1 is 1.62 bits per heavy atom. The number of amides is 1. The fourth-order valence-electron chi connectivity index (χ4n) is 1.53. The number of carbonyl (C=O) groups excluding carboxylic acids is 1. The van der Waals surface area contributed by atoms with Gasteiger partial charge in [0.05, 0.1) is 13.0 Å². The molecule has 0 bridgehead atoms. The molecule has 1 aromatic rings. The number of carbonyl (C=O) groups is 1. The van der Waals surface area contributed by atoms with Crippen LogP contribution in [0.5, 0.6) is 5.75 Å². The van der Waals surface area contributed by atoms with E-state index in [0.717, 1.165) is 0 Å². The van der Waals surface area contributed by atoms with Crippen molar-refractivity contribution in [1.82, 2.24) is 5.32 Å². The summed E-state index contributed by atoms with van der Waals surface area (Å²) < 4.78 is 18.2. The zero-order chi connectivity index (χ0) is 12.1. The first-order valence-electron chi connectivity index (χ1n) is 4.89. The third-order valence-corrected chi connectivity index (χ3v) is 2.37. The SMILES string of the molecule is CNC(=O)C(CN)c1cc(F)ccc1OC. The van der Waals surface area contributed by atoms with E-state index in [1.54, 1.807) is 0 Å². The van der Waals surface area contributed by atoms with Gasteiger partial charge in [-0.1, -0.05) is 0 Å². The summed E-state index contributed by atoms with van der Waals surface area (Å²) in [6, 6.07) is 4.03. The summed E-state index contributed by atoms with van der Waals surface area (Å²) in [5.74, 6) is -0.819. The van der Waals surface area contributed by atoms with Crippen molar-refractivity contribution < 1.29 is 13.9 Å². The van der Waals surface area contributed by atoms with E-state index in [0.29, 0.717) is 11.3 Å². The molecule has 88 valence electrons. The molecule has 1 amide bonds. The minimum atomic E-state index is -0.601. The van der Waals surface area contributed by atoms with Crippen LogP contribution in [0.2, 0.25) is 0 Å². The van der Waals surface area contributed by atoms with Crippen LogP contribution >= 0.6 is 0 Å². The van der Waals surface area contributed by atoms with Gasteiger partial charge in [0.25, 0.3) is 0 Å². The molecular formula is C11H15FN2O2. The van der Waals surface area contributed by atoms with Crippen molar-refractivity contribution in [2.75, 3.05) is 20.7 Å². The van der Waals surface area contributed by atoms with Crippen LogP contribution in [0.25, 0.3) is 0 Å². The number of methoxy groups -OCH3 is 1. The summed E-state index contributed by atoms with van der Waals surface area (Å²) in [6.07, 6.45) is 0. The molecule has 1 atom stereocenters. The average Bonchev–Trinajstić information content (AvgIpc) is 2.30. The molecule has 0 saturated heterocycles. The zero-order valence-corrected chi connectivity index (χ0v) is 9.29. The second-order valence-electron chi connectivity index (χ2n) is 3.29. The summed E-state index contributed by atoms with van der Waals surface area (Å²) in [7, 11) is 2.98. The van der Waals surface area contributed by atoms with Crippen LogP contribution in [0, 0.1) is 5.82 Å². The molecule has 0 heterocycles. The molecule has 1 unspecified atom stereocenters. The Hall–Kier alpha value is -1.62. The minimum Gasteiger partial charge on any atom is -0.496 e. The van der Waals surface area contributed by atoms with E-state index in [9.17, 15) is 9.18 Å². The van der Waals surface area contributed by atoms with Crippen molar-refractivity contribution in [3.8, 4) is 5.75 Å². The Balaban J connectivity index is 3.17.